The summed E-state index contributed by atoms with van der Waals surface area (Å²) in [6.07, 6.45) is 3.19. The molecule has 1 atom stereocenters. The Morgan fingerprint density at radius 3 is 2.59 bits per heavy atom. The fourth-order valence-electron chi connectivity index (χ4n) is 3.70. The number of nitrogens with one attached hydrogen (secondary N) is 1. The molecule has 1 aliphatic rings. The van der Waals surface area contributed by atoms with Gasteiger partial charge in [-0.1, -0.05) is 30.0 Å². The second kappa shape index (κ2) is 7.93. The van der Waals surface area contributed by atoms with E-state index in [-0.39, 0.29) is 15.9 Å². The Morgan fingerprint density at radius 1 is 1.17 bits per heavy atom. The molecule has 3 heterocycles. The van der Waals surface area contributed by atoms with Crippen LogP contribution in [0.2, 0.25) is 0 Å². The van der Waals surface area contributed by atoms with E-state index < -0.39 is 10.0 Å². The van der Waals surface area contributed by atoms with Crippen LogP contribution >= 0.6 is 11.8 Å². The average Bonchev–Trinajstić information content (AvgIpc) is 3.35. The fourth-order valence-corrected chi connectivity index (χ4v) is 6.01. The molecule has 3 aromatic rings. The van der Waals surface area contributed by atoms with Crippen LogP contribution in [0, 0.1) is 6.92 Å². The Hall–Kier alpha value is -2.16. The number of carbonyl (C=O) groups excluding carboxylic acids is 1. The fraction of sp³-hybridized carbons (Fsp3) is 0.333. The lowest BCUT2D eigenvalue weighted by atomic mass is 10.1. The summed E-state index contributed by atoms with van der Waals surface area (Å²) in [7, 11) is -3.48. The van der Waals surface area contributed by atoms with Crippen LogP contribution in [-0.2, 0) is 10.0 Å². The van der Waals surface area contributed by atoms with Crippen LogP contribution in [0.1, 0.15) is 35.8 Å². The first kappa shape index (κ1) is 20.1. The summed E-state index contributed by atoms with van der Waals surface area (Å²) in [5.74, 6) is 0.0283. The van der Waals surface area contributed by atoms with Gasteiger partial charge in [0.15, 0.2) is 5.78 Å². The van der Waals surface area contributed by atoms with E-state index in [0.29, 0.717) is 23.7 Å². The molecule has 0 aliphatic carbocycles. The maximum absolute atomic E-state index is 13.1. The quantitative estimate of drug-likeness (QED) is 0.473. The number of benzene rings is 1. The van der Waals surface area contributed by atoms with Crippen molar-refractivity contribution in [3.63, 3.8) is 0 Å². The van der Waals surface area contributed by atoms with Crippen molar-refractivity contribution in [1.29, 1.82) is 0 Å². The minimum Gasteiger partial charge on any atom is -0.358 e. The molecule has 1 aliphatic heterocycles. The predicted octanol–water partition coefficient (Wildman–Crippen LogP) is 4.02. The Morgan fingerprint density at radius 2 is 1.90 bits per heavy atom. The molecule has 29 heavy (non-hydrogen) atoms. The van der Waals surface area contributed by atoms with E-state index in [9.17, 15) is 13.2 Å². The Kier molecular flexibility index (Phi) is 5.50. The summed E-state index contributed by atoms with van der Waals surface area (Å²) in [6.45, 7) is 4.88. The highest BCUT2D eigenvalue weighted by Crippen LogP contribution is 2.30. The highest BCUT2D eigenvalue weighted by molar-refractivity contribution is 8.00. The van der Waals surface area contributed by atoms with Gasteiger partial charge in [-0.3, -0.25) is 4.79 Å². The van der Waals surface area contributed by atoms with E-state index in [2.05, 4.69) is 9.97 Å². The van der Waals surface area contributed by atoms with Crippen LogP contribution < -0.4 is 0 Å². The number of thioether (sulfide) groups is 1. The number of aromatic nitrogens is 2. The number of fused-ring (bicyclic) bond motifs is 1. The number of rotatable bonds is 6. The van der Waals surface area contributed by atoms with Crippen LogP contribution in [0.3, 0.4) is 0 Å². The first-order chi connectivity index (χ1) is 13.9. The lowest BCUT2D eigenvalue weighted by molar-refractivity contribution is 0.0995. The zero-order valence-electron chi connectivity index (χ0n) is 16.4. The molecule has 6 nitrogen and oxygen atoms in total. The second-order valence-electron chi connectivity index (χ2n) is 7.24. The molecule has 0 amide bonds. The number of hydrogen-bond donors (Lipinski definition) is 1. The SMILES string of the molecule is Cc1[nH]c2ccccc2c1C(=O)[C@@H](C)Sc1ccc(S(=O)(=O)N2CCCC2)cn1. The van der Waals surface area contributed by atoms with Gasteiger partial charge in [-0.25, -0.2) is 13.4 Å². The predicted molar refractivity (Wildman–Crippen MR) is 115 cm³/mol. The maximum atomic E-state index is 13.1. The molecule has 0 saturated carbocycles. The van der Waals surface area contributed by atoms with Gasteiger partial charge in [0, 0.05) is 41.4 Å². The molecule has 1 N–H and O–H groups in total. The van der Waals surface area contributed by atoms with Gasteiger partial charge in [0.05, 0.1) is 10.3 Å². The zero-order chi connectivity index (χ0) is 20.6. The lowest BCUT2D eigenvalue weighted by Gasteiger charge is -2.15. The number of carbonyl (C=O) groups is 1. The number of aromatic amines is 1. The third kappa shape index (κ3) is 3.84. The summed E-state index contributed by atoms with van der Waals surface area (Å²) in [5, 5.41) is 1.20. The maximum Gasteiger partial charge on any atom is 0.244 e. The van der Waals surface area contributed by atoms with Gasteiger partial charge in [-0.2, -0.15) is 4.31 Å². The van der Waals surface area contributed by atoms with Crippen LogP contribution in [0.25, 0.3) is 10.9 Å². The van der Waals surface area contributed by atoms with E-state index in [1.54, 1.807) is 12.1 Å². The number of para-hydroxylation sites is 1. The van der Waals surface area contributed by atoms with E-state index >= 15 is 0 Å². The van der Waals surface area contributed by atoms with Gasteiger partial charge in [0.1, 0.15) is 4.90 Å². The van der Waals surface area contributed by atoms with Crippen LogP contribution in [0.15, 0.2) is 52.5 Å². The highest BCUT2D eigenvalue weighted by Gasteiger charge is 2.28. The van der Waals surface area contributed by atoms with Crippen molar-refractivity contribution < 1.29 is 13.2 Å². The molecular weight excluding hydrogens is 406 g/mol. The molecule has 152 valence electrons. The van der Waals surface area contributed by atoms with Crippen LogP contribution in [0.4, 0.5) is 0 Å². The van der Waals surface area contributed by atoms with Gasteiger partial charge >= 0.3 is 0 Å². The largest absolute Gasteiger partial charge is 0.358 e. The van der Waals surface area contributed by atoms with Gasteiger partial charge < -0.3 is 4.98 Å². The van der Waals surface area contributed by atoms with E-state index in [1.165, 1.54) is 22.3 Å². The molecule has 1 saturated heterocycles. The summed E-state index contributed by atoms with van der Waals surface area (Å²) in [5.41, 5.74) is 2.50. The molecule has 0 bridgehead atoms. The molecule has 8 heteroatoms. The van der Waals surface area contributed by atoms with Crippen molar-refractivity contribution in [2.24, 2.45) is 0 Å². The summed E-state index contributed by atoms with van der Waals surface area (Å²) >= 11 is 1.34. The summed E-state index contributed by atoms with van der Waals surface area (Å²) < 4.78 is 26.7. The third-order valence-corrected chi connectivity index (χ3v) is 8.15. The van der Waals surface area contributed by atoms with E-state index in [1.807, 2.05) is 38.1 Å². The summed E-state index contributed by atoms with van der Waals surface area (Å²) in [4.78, 5) is 20.8. The molecule has 0 spiro atoms. The van der Waals surface area contributed by atoms with Crippen molar-refractivity contribution in [3.05, 3.63) is 53.9 Å². The first-order valence-corrected chi connectivity index (χ1v) is 11.9. The van der Waals surface area contributed by atoms with Gasteiger partial charge in [-0.05, 0) is 44.9 Å². The number of pyridine rings is 1. The molecule has 1 fully saturated rings. The standard InChI is InChI=1S/C21H23N3O3S2/c1-14-20(17-7-3-4-8-18(17)23-14)21(25)15(2)28-19-10-9-16(13-22-19)29(26,27)24-11-5-6-12-24/h3-4,7-10,13,15,23H,5-6,11-12H2,1-2H3/t15-/m1/s1. The second-order valence-corrected chi connectivity index (χ2v) is 10.5. The van der Waals surface area contributed by atoms with Crippen LogP contribution in [-0.4, -0.2) is 46.8 Å². The van der Waals surface area contributed by atoms with E-state index in [0.717, 1.165) is 29.4 Å². The molecular formula is C21H23N3O3S2. The molecule has 2 aromatic heterocycles. The van der Waals surface area contributed by atoms with Gasteiger partial charge in [-0.15, -0.1) is 0 Å². The number of ketones is 1. The van der Waals surface area contributed by atoms with Crippen molar-refractivity contribution in [3.8, 4) is 0 Å². The smallest absolute Gasteiger partial charge is 0.244 e. The van der Waals surface area contributed by atoms with Crippen molar-refractivity contribution in [2.45, 2.75) is 41.9 Å². The number of aryl methyl sites for hydroxylation is 1. The van der Waals surface area contributed by atoms with Gasteiger partial charge in [0.25, 0.3) is 0 Å². The van der Waals surface area contributed by atoms with Gasteiger partial charge in [0.2, 0.25) is 10.0 Å². The Balaban J connectivity index is 1.51. The van der Waals surface area contributed by atoms with Crippen molar-refractivity contribution in [1.82, 2.24) is 14.3 Å². The minimum atomic E-state index is -3.48. The van der Waals surface area contributed by atoms with Crippen LogP contribution in [0.5, 0.6) is 0 Å². The molecule has 1 aromatic carbocycles. The van der Waals surface area contributed by atoms with E-state index in [4.69, 9.17) is 0 Å². The highest BCUT2D eigenvalue weighted by atomic mass is 32.2. The number of sulfonamides is 1. The number of Topliss-reactive ketones (excluding diaryl/α,β-unsaturated/α-hetero) is 1. The monoisotopic (exact) mass is 429 g/mol. The lowest BCUT2D eigenvalue weighted by Crippen LogP contribution is -2.27. The normalized spacial score (nSPS) is 16.3. The Bertz CT molecular complexity index is 1150. The van der Waals surface area contributed by atoms with Crippen molar-refractivity contribution >= 4 is 38.5 Å². The van der Waals surface area contributed by atoms with Crippen molar-refractivity contribution in [2.75, 3.05) is 13.1 Å². The Labute approximate surface area is 174 Å². The first-order valence-electron chi connectivity index (χ1n) is 9.62. The zero-order valence-corrected chi connectivity index (χ0v) is 18.0. The molecule has 0 unspecified atom stereocenters. The average molecular weight is 430 g/mol. The number of nitrogens with zero attached hydrogens (tertiary/aromatic N) is 2. The molecule has 4 rings (SSSR count). The minimum absolute atomic E-state index is 0.0283. The third-order valence-electron chi connectivity index (χ3n) is 5.22. The topological polar surface area (TPSA) is 83.1 Å². The summed E-state index contributed by atoms with van der Waals surface area (Å²) in [6, 6.07) is 11.0. The molecule has 0 radical (unpaired) electrons. The number of hydrogen-bond acceptors (Lipinski definition) is 5. The number of H-pyrrole nitrogens is 1.